The van der Waals surface area contributed by atoms with Crippen LogP contribution in [-0.4, -0.2) is 11.6 Å². The van der Waals surface area contributed by atoms with Crippen molar-refractivity contribution < 1.29 is 9.59 Å². The number of fused-ring (bicyclic) bond motifs is 1. The second-order valence-electron chi connectivity index (χ2n) is 5.63. The van der Waals surface area contributed by atoms with Crippen molar-refractivity contribution in [2.45, 2.75) is 52.4 Å². The molecule has 2 saturated carbocycles. The van der Waals surface area contributed by atoms with Crippen molar-refractivity contribution in [3.63, 3.8) is 0 Å². The van der Waals surface area contributed by atoms with Crippen LogP contribution >= 0.6 is 0 Å². The van der Waals surface area contributed by atoms with E-state index in [-0.39, 0.29) is 11.8 Å². The van der Waals surface area contributed by atoms with Crippen molar-refractivity contribution in [2.24, 2.45) is 23.7 Å². The van der Waals surface area contributed by atoms with E-state index in [2.05, 4.69) is 0 Å². The molecule has 16 heavy (non-hydrogen) atoms. The van der Waals surface area contributed by atoms with Gasteiger partial charge in [-0.3, -0.25) is 9.59 Å². The molecule has 90 valence electrons. The standard InChI is InChI=1S/C14H22O2/c1-9(15)12-7-3-5-11-6-4-8-13(10(2)16)14(11)12/h11-14H,3-8H2,1-2H3. The van der Waals surface area contributed by atoms with Crippen molar-refractivity contribution in [3.05, 3.63) is 0 Å². The van der Waals surface area contributed by atoms with Crippen LogP contribution in [0.4, 0.5) is 0 Å². The Morgan fingerprint density at radius 1 is 0.812 bits per heavy atom. The van der Waals surface area contributed by atoms with Crippen LogP contribution in [0.3, 0.4) is 0 Å². The quantitative estimate of drug-likeness (QED) is 0.719. The zero-order valence-corrected chi connectivity index (χ0v) is 10.4. The summed E-state index contributed by atoms with van der Waals surface area (Å²) in [6.45, 7) is 3.41. The molecule has 0 aromatic heterocycles. The van der Waals surface area contributed by atoms with Crippen LogP contribution in [0.25, 0.3) is 0 Å². The first kappa shape index (κ1) is 11.8. The molecule has 2 heteroatoms. The summed E-state index contributed by atoms with van der Waals surface area (Å²) in [4.78, 5) is 23.4. The van der Waals surface area contributed by atoms with Crippen LogP contribution in [0.5, 0.6) is 0 Å². The van der Waals surface area contributed by atoms with E-state index in [4.69, 9.17) is 0 Å². The lowest BCUT2D eigenvalue weighted by atomic mass is 9.59. The Hall–Kier alpha value is -0.660. The fraction of sp³-hybridized carbons (Fsp3) is 0.857. The first-order valence-electron chi connectivity index (χ1n) is 6.62. The molecule has 0 aromatic rings. The second kappa shape index (κ2) is 4.68. The molecule has 2 rings (SSSR count). The van der Waals surface area contributed by atoms with Crippen molar-refractivity contribution in [1.82, 2.24) is 0 Å². The van der Waals surface area contributed by atoms with Gasteiger partial charge in [0.1, 0.15) is 11.6 Å². The Balaban J connectivity index is 2.22. The Labute approximate surface area is 97.8 Å². The fourth-order valence-electron chi connectivity index (χ4n) is 4.00. The highest BCUT2D eigenvalue weighted by molar-refractivity contribution is 5.82. The van der Waals surface area contributed by atoms with Gasteiger partial charge in [0.15, 0.2) is 0 Å². The molecule has 0 aromatic carbocycles. The number of Topliss-reactive ketones (excluding diaryl/α,β-unsaturated/α-hetero) is 2. The van der Waals surface area contributed by atoms with Gasteiger partial charge in [-0.05, 0) is 38.5 Å². The summed E-state index contributed by atoms with van der Waals surface area (Å²) in [6, 6.07) is 0. The lowest BCUT2D eigenvalue weighted by molar-refractivity contribution is -0.132. The van der Waals surface area contributed by atoms with Crippen LogP contribution in [0.2, 0.25) is 0 Å². The second-order valence-corrected chi connectivity index (χ2v) is 5.63. The van der Waals surface area contributed by atoms with Crippen molar-refractivity contribution >= 4 is 11.6 Å². The molecule has 2 nitrogen and oxygen atoms in total. The number of ketones is 2. The van der Waals surface area contributed by atoms with E-state index in [9.17, 15) is 9.59 Å². The van der Waals surface area contributed by atoms with Crippen LogP contribution in [0.15, 0.2) is 0 Å². The van der Waals surface area contributed by atoms with E-state index in [0.717, 1.165) is 12.8 Å². The van der Waals surface area contributed by atoms with Gasteiger partial charge in [0.2, 0.25) is 0 Å². The maximum Gasteiger partial charge on any atom is 0.133 e. The van der Waals surface area contributed by atoms with E-state index in [0.29, 0.717) is 23.4 Å². The summed E-state index contributed by atoms with van der Waals surface area (Å²) in [5.41, 5.74) is 0. The van der Waals surface area contributed by atoms with E-state index < -0.39 is 0 Å². The van der Waals surface area contributed by atoms with Crippen LogP contribution in [0, 0.1) is 23.7 Å². The lowest BCUT2D eigenvalue weighted by Crippen LogP contribution is -2.42. The predicted octanol–water partition coefficient (Wildman–Crippen LogP) is 3.00. The van der Waals surface area contributed by atoms with Crippen LogP contribution in [0.1, 0.15) is 52.4 Å². The van der Waals surface area contributed by atoms with Gasteiger partial charge in [-0.1, -0.05) is 25.7 Å². The van der Waals surface area contributed by atoms with Gasteiger partial charge >= 0.3 is 0 Å². The number of rotatable bonds is 2. The highest BCUT2D eigenvalue weighted by atomic mass is 16.1. The zero-order valence-electron chi connectivity index (χ0n) is 10.4. The monoisotopic (exact) mass is 222 g/mol. The summed E-state index contributed by atoms with van der Waals surface area (Å²) in [5, 5.41) is 0. The summed E-state index contributed by atoms with van der Waals surface area (Å²) in [5.74, 6) is 1.98. The molecule has 0 heterocycles. The molecular weight excluding hydrogens is 200 g/mol. The minimum Gasteiger partial charge on any atom is -0.300 e. The third-order valence-corrected chi connectivity index (χ3v) is 4.70. The summed E-state index contributed by atoms with van der Waals surface area (Å²) < 4.78 is 0. The molecular formula is C14H22O2. The summed E-state index contributed by atoms with van der Waals surface area (Å²) in [6.07, 6.45) is 6.85. The number of carbonyl (C=O) groups excluding carboxylic acids is 2. The first-order valence-corrected chi connectivity index (χ1v) is 6.62. The molecule has 0 aliphatic heterocycles. The smallest absolute Gasteiger partial charge is 0.133 e. The van der Waals surface area contributed by atoms with E-state index >= 15 is 0 Å². The largest absolute Gasteiger partial charge is 0.300 e. The highest BCUT2D eigenvalue weighted by Gasteiger charge is 2.43. The predicted molar refractivity (Wildman–Crippen MR) is 63.0 cm³/mol. The molecule has 2 unspecified atom stereocenters. The van der Waals surface area contributed by atoms with Crippen LogP contribution < -0.4 is 0 Å². The molecule has 0 N–H and O–H groups in total. The lowest BCUT2D eigenvalue weighted by Gasteiger charge is -2.44. The van der Waals surface area contributed by atoms with Gasteiger partial charge in [-0.25, -0.2) is 0 Å². The maximum atomic E-state index is 11.7. The van der Waals surface area contributed by atoms with E-state index in [1.54, 1.807) is 13.8 Å². The molecule has 0 spiro atoms. The van der Waals surface area contributed by atoms with Gasteiger partial charge in [-0.2, -0.15) is 0 Å². The van der Waals surface area contributed by atoms with Gasteiger partial charge in [0, 0.05) is 11.8 Å². The van der Waals surface area contributed by atoms with Gasteiger partial charge < -0.3 is 0 Å². The Morgan fingerprint density at radius 2 is 1.25 bits per heavy atom. The average molecular weight is 222 g/mol. The fourth-order valence-corrected chi connectivity index (χ4v) is 4.00. The number of hydrogen-bond donors (Lipinski definition) is 0. The molecule has 0 bridgehead atoms. The molecule has 0 radical (unpaired) electrons. The number of hydrogen-bond acceptors (Lipinski definition) is 2. The van der Waals surface area contributed by atoms with E-state index in [1.165, 1.54) is 25.7 Å². The zero-order chi connectivity index (χ0) is 11.7. The highest BCUT2D eigenvalue weighted by Crippen LogP contribution is 2.47. The minimum atomic E-state index is 0.174. The Kier molecular flexibility index (Phi) is 3.46. The van der Waals surface area contributed by atoms with Gasteiger partial charge in [-0.15, -0.1) is 0 Å². The summed E-state index contributed by atoms with van der Waals surface area (Å²) in [7, 11) is 0. The van der Waals surface area contributed by atoms with Crippen LogP contribution in [-0.2, 0) is 9.59 Å². The number of carbonyl (C=O) groups is 2. The first-order chi connectivity index (χ1) is 7.61. The van der Waals surface area contributed by atoms with Crippen molar-refractivity contribution in [3.8, 4) is 0 Å². The van der Waals surface area contributed by atoms with Crippen molar-refractivity contribution in [1.29, 1.82) is 0 Å². The molecule has 2 atom stereocenters. The maximum absolute atomic E-state index is 11.7. The molecule has 2 aliphatic carbocycles. The van der Waals surface area contributed by atoms with Gasteiger partial charge in [0.25, 0.3) is 0 Å². The summed E-state index contributed by atoms with van der Waals surface area (Å²) >= 11 is 0. The molecule has 0 saturated heterocycles. The van der Waals surface area contributed by atoms with Crippen molar-refractivity contribution in [2.75, 3.05) is 0 Å². The topological polar surface area (TPSA) is 34.1 Å². The molecule has 2 fully saturated rings. The third kappa shape index (κ3) is 2.07. The Morgan fingerprint density at radius 3 is 1.62 bits per heavy atom. The van der Waals surface area contributed by atoms with E-state index in [1.807, 2.05) is 0 Å². The average Bonchev–Trinajstić information content (AvgIpc) is 2.27. The normalized spacial score (nSPS) is 38.9. The SMILES string of the molecule is CC(=O)C1CCCC2CCCC(C(C)=O)C21. The van der Waals surface area contributed by atoms with Gasteiger partial charge in [0.05, 0.1) is 0 Å². The third-order valence-electron chi connectivity index (χ3n) is 4.70. The Bertz CT molecular complexity index is 267. The molecule has 0 amide bonds. The molecule has 2 aliphatic rings. The minimum absolute atomic E-state index is 0.174.